The van der Waals surface area contributed by atoms with Gasteiger partial charge < -0.3 is 24.5 Å². The number of H-pyrrole nitrogens is 1. The molecule has 2 heterocycles. The minimum Gasteiger partial charge on any atom is -0.494 e. The largest absolute Gasteiger partial charge is 0.494 e. The fraction of sp³-hybridized carbons (Fsp3) is 0.273. The molecule has 31 heavy (non-hydrogen) atoms. The third-order valence-electron chi connectivity index (χ3n) is 5.10. The lowest BCUT2D eigenvalue weighted by Crippen LogP contribution is -2.34. The number of benzene rings is 2. The number of likely N-dealkylation sites (N-methyl/N-ethyl adjacent to an activating group) is 1. The monoisotopic (exact) mass is 476 g/mol. The van der Waals surface area contributed by atoms with Gasteiger partial charge in [0.05, 0.1) is 15.9 Å². The van der Waals surface area contributed by atoms with Crippen molar-refractivity contribution in [1.82, 2.24) is 9.88 Å². The number of rotatable bonds is 7. The molecular weight excluding hydrogens is 456 g/mol. The van der Waals surface area contributed by atoms with Crippen molar-refractivity contribution in [2.24, 2.45) is 0 Å². The lowest BCUT2D eigenvalue weighted by molar-refractivity contribution is 0.159. The molecule has 3 aromatic rings. The number of nitrogens with one attached hydrogen (secondary N) is 1. The van der Waals surface area contributed by atoms with Crippen LogP contribution < -0.4 is 4.74 Å². The van der Waals surface area contributed by atoms with Crippen molar-refractivity contribution in [1.29, 1.82) is 0 Å². The zero-order valence-electron chi connectivity index (χ0n) is 16.8. The molecule has 0 bridgehead atoms. The van der Waals surface area contributed by atoms with Crippen LogP contribution in [0.25, 0.3) is 0 Å². The van der Waals surface area contributed by atoms with Gasteiger partial charge in [-0.05, 0) is 61.0 Å². The number of ether oxygens (including phenoxy) is 2. The second-order valence-electron chi connectivity index (χ2n) is 7.19. The van der Waals surface area contributed by atoms with Crippen molar-refractivity contribution in [3.63, 3.8) is 0 Å². The van der Waals surface area contributed by atoms with Crippen LogP contribution in [0.2, 0.25) is 5.02 Å². The Morgan fingerprint density at radius 1 is 1.29 bits per heavy atom. The highest BCUT2D eigenvalue weighted by Crippen LogP contribution is 2.32. The van der Waals surface area contributed by atoms with E-state index in [0.29, 0.717) is 40.0 Å². The first-order chi connectivity index (χ1) is 14.9. The zero-order chi connectivity index (χ0) is 22.0. The number of carbonyl (C=O) groups excluding carboxylic acids is 1. The lowest BCUT2D eigenvalue weighted by atomic mass is 10.1. The molecule has 1 aliphatic rings. The van der Waals surface area contributed by atoms with Crippen LogP contribution in [0.5, 0.6) is 17.4 Å². The van der Waals surface area contributed by atoms with E-state index in [4.69, 9.17) is 33.3 Å². The van der Waals surface area contributed by atoms with Crippen molar-refractivity contribution >= 4 is 41.2 Å². The Morgan fingerprint density at radius 2 is 2.03 bits per heavy atom. The number of amides is 1. The minimum absolute atomic E-state index is 0.0587. The van der Waals surface area contributed by atoms with E-state index in [1.807, 2.05) is 49.4 Å². The van der Waals surface area contributed by atoms with Crippen LogP contribution >= 0.6 is 35.2 Å². The predicted molar refractivity (Wildman–Crippen MR) is 123 cm³/mol. The Kier molecular flexibility index (Phi) is 6.50. The third kappa shape index (κ3) is 5.03. The molecule has 1 aliphatic heterocycles. The standard InChI is InChI=1S/C22H21ClN2O4S2/c1-2-25-15(12-28-22(25)27)9-13-3-6-16(7-4-13)29-18-8-5-14(10-17(18)23)11-19-20(26)24-21(30)31-19/h3-8,10,15,26H,2,9,11-12H2,1H3,(H,24,30). The van der Waals surface area contributed by atoms with Gasteiger partial charge in [0.15, 0.2) is 3.95 Å². The molecule has 2 N–H and O–H groups in total. The molecular formula is C22H21ClN2O4S2. The topological polar surface area (TPSA) is 74.8 Å². The summed E-state index contributed by atoms with van der Waals surface area (Å²) in [5.41, 5.74) is 2.05. The molecule has 2 aromatic carbocycles. The molecule has 6 nitrogen and oxygen atoms in total. The number of cyclic esters (lactones) is 1. The summed E-state index contributed by atoms with van der Waals surface area (Å²) >= 11 is 12.8. The summed E-state index contributed by atoms with van der Waals surface area (Å²) in [7, 11) is 0. The first-order valence-corrected chi connectivity index (χ1v) is 11.4. The van der Waals surface area contributed by atoms with Crippen LogP contribution in [0.4, 0.5) is 4.79 Å². The quantitative estimate of drug-likeness (QED) is 0.413. The third-order valence-corrected chi connectivity index (χ3v) is 6.62. The van der Waals surface area contributed by atoms with E-state index < -0.39 is 0 Å². The number of aromatic amines is 1. The molecule has 1 fully saturated rings. The molecule has 1 amide bonds. The fourth-order valence-electron chi connectivity index (χ4n) is 3.53. The normalized spacial score (nSPS) is 15.9. The highest BCUT2D eigenvalue weighted by Gasteiger charge is 2.31. The molecule has 4 rings (SSSR count). The average Bonchev–Trinajstić information content (AvgIpc) is 3.25. The van der Waals surface area contributed by atoms with Crippen molar-refractivity contribution in [2.45, 2.75) is 25.8 Å². The number of carbonyl (C=O) groups is 1. The van der Waals surface area contributed by atoms with Gasteiger partial charge in [-0.1, -0.05) is 29.8 Å². The summed E-state index contributed by atoms with van der Waals surface area (Å²) in [6, 6.07) is 13.3. The van der Waals surface area contributed by atoms with Crippen molar-refractivity contribution in [3.05, 3.63) is 67.4 Å². The number of thiazole rings is 1. The van der Waals surface area contributed by atoms with Gasteiger partial charge in [0.2, 0.25) is 5.88 Å². The molecule has 9 heteroatoms. The van der Waals surface area contributed by atoms with E-state index >= 15 is 0 Å². The van der Waals surface area contributed by atoms with Gasteiger partial charge in [-0.15, -0.1) is 11.3 Å². The van der Waals surface area contributed by atoms with E-state index in [2.05, 4.69) is 4.98 Å². The SMILES string of the molecule is CCN1C(=O)OCC1Cc1ccc(Oc2ccc(Cc3sc(=S)[nH]c3O)cc2Cl)cc1. The summed E-state index contributed by atoms with van der Waals surface area (Å²) in [6.07, 6.45) is 1.01. The maximum atomic E-state index is 11.7. The molecule has 0 aliphatic carbocycles. The molecule has 1 aromatic heterocycles. The van der Waals surface area contributed by atoms with Crippen LogP contribution in [-0.4, -0.2) is 40.3 Å². The molecule has 0 spiro atoms. The van der Waals surface area contributed by atoms with E-state index in [0.717, 1.165) is 22.4 Å². The number of nitrogens with zero attached hydrogens (tertiary/aromatic N) is 1. The van der Waals surface area contributed by atoms with Crippen LogP contribution in [-0.2, 0) is 17.6 Å². The number of aromatic nitrogens is 1. The minimum atomic E-state index is -0.248. The van der Waals surface area contributed by atoms with Crippen molar-refractivity contribution in [3.8, 4) is 17.4 Å². The lowest BCUT2D eigenvalue weighted by Gasteiger charge is -2.19. The van der Waals surface area contributed by atoms with Gasteiger partial charge in [-0.25, -0.2) is 4.79 Å². The van der Waals surface area contributed by atoms with Gasteiger partial charge in [0.1, 0.15) is 18.1 Å². The average molecular weight is 477 g/mol. The van der Waals surface area contributed by atoms with Gasteiger partial charge in [0, 0.05) is 13.0 Å². The summed E-state index contributed by atoms with van der Waals surface area (Å²) in [5.74, 6) is 1.32. The first kappa shape index (κ1) is 21.7. The zero-order valence-corrected chi connectivity index (χ0v) is 19.1. The Labute approximate surface area is 194 Å². The van der Waals surface area contributed by atoms with Crippen LogP contribution in [0.1, 0.15) is 22.9 Å². The number of aromatic hydroxyl groups is 1. The fourth-order valence-corrected chi connectivity index (χ4v) is 4.93. The van der Waals surface area contributed by atoms with E-state index in [1.54, 1.807) is 4.90 Å². The Morgan fingerprint density at radius 3 is 2.68 bits per heavy atom. The maximum Gasteiger partial charge on any atom is 0.410 e. The van der Waals surface area contributed by atoms with E-state index in [1.165, 1.54) is 11.3 Å². The second-order valence-corrected chi connectivity index (χ2v) is 9.37. The summed E-state index contributed by atoms with van der Waals surface area (Å²) in [4.78, 5) is 16.9. The maximum absolute atomic E-state index is 11.7. The van der Waals surface area contributed by atoms with Crippen molar-refractivity contribution < 1.29 is 19.4 Å². The van der Waals surface area contributed by atoms with Crippen LogP contribution in [0, 0.1) is 3.95 Å². The summed E-state index contributed by atoms with van der Waals surface area (Å²) in [6.45, 7) is 3.00. The number of halogens is 1. The summed E-state index contributed by atoms with van der Waals surface area (Å²) in [5, 5.41) is 10.4. The number of hydrogen-bond acceptors (Lipinski definition) is 6. The van der Waals surface area contributed by atoms with Gasteiger partial charge in [-0.2, -0.15) is 0 Å². The Bertz CT molecular complexity index is 1140. The second kappa shape index (κ2) is 9.30. The molecule has 1 saturated heterocycles. The van der Waals surface area contributed by atoms with Gasteiger partial charge in [0.25, 0.3) is 0 Å². The number of hydrogen-bond donors (Lipinski definition) is 2. The van der Waals surface area contributed by atoms with Crippen molar-refractivity contribution in [2.75, 3.05) is 13.2 Å². The summed E-state index contributed by atoms with van der Waals surface area (Å²) < 4.78 is 11.6. The molecule has 0 saturated carbocycles. The highest BCUT2D eigenvalue weighted by atomic mass is 35.5. The smallest absolute Gasteiger partial charge is 0.410 e. The molecule has 1 unspecified atom stereocenters. The van der Waals surface area contributed by atoms with Crippen LogP contribution in [0.3, 0.4) is 0 Å². The van der Waals surface area contributed by atoms with E-state index in [-0.39, 0.29) is 18.0 Å². The molecule has 0 radical (unpaired) electrons. The van der Waals surface area contributed by atoms with Gasteiger partial charge in [-0.3, -0.25) is 0 Å². The van der Waals surface area contributed by atoms with E-state index in [9.17, 15) is 9.90 Å². The van der Waals surface area contributed by atoms with Crippen LogP contribution in [0.15, 0.2) is 42.5 Å². The first-order valence-electron chi connectivity index (χ1n) is 9.82. The predicted octanol–water partition coefficient (Wildman–Crippen LogP) is 5.93. The van der Waals surface area contributed by atoms with Gasteiger partial charge >= 0.3 is 6.09 Å². The highest BCUT2D eigenvalue weighted by molar-refractivity contribution is 7.73. The Hall–Kier alpha value is -2.55. The molecule has 1 atom stereocenters. The Balaban J connectivity index is 1.40. The molecule has 162 valence electrons.